The number of aromatic nitrogens is 4. The Morgan fingerprint density at radius 2 is 1.93 bits per heavy atom. The summed E-state index contributed by atoms with van der Waals surface area (Å²) in [6.45, 7) is 0.172. The summed E-state index contributed by atoms with van der Waals surface area (Å²) in [5.74, 6) is -1.61. The molecule has 0 saturated heterocycles. The van der Waals surface area contributed by atoms with E-state index >= 15 is 0 Å². The van der Waals surface area contributed by atoms with E-state index in [-0.39, 0.29) is 24.6 Å². The van der Waals surface area contributed by atoms with Gasteiger partial charge in [0.2, 0.25) is 5.88 Å². The Morgan fingerprint density at radius 3 is 2.73 bits per heavy atom. The highest BCUT2D eigenvalue weighted by Gasteiger charge is 2.14. The SMILES string of the molecule is O=C(NCCOc1ccc2nnc(-c3ccccc3Cl)n2n1)c1ccc(F)cc1F. The van der Waals surface area contributed by atoms with Crippen LogP contribution in [0.5, 0.6) is 5.88 Å². The highest BCUT2D eigenvalue weighted by molar-refractivity contribution is 6.33. The predicted molar refractivity (Wildman–Crippen MR) is 105 cm³/mol. The van der Waals surface area contributed by atoms with Crippen LogP contribution in [-0.2, 0) is 0 Å². The van der Waals surface area contributed by atoms with Gasteiger partial charge < -0.3 is 10.1 Å². The fourth-order valence-corrected chi connectivity index (χ4v) is 2.97. The zero-order valence-corrected chi connectivity index (χ0v) is 16.1. The first-order valence-electron chi connectivity index (χ1n) is 8.86. The summed E-state index contributed by atoms with van der Waals surface area (Å²) in [5, 5.41) is 15.5. The fraction of sp³-hybridized carbons (Fsp3) is 0.100. The Morgan fingerprint density at radius 1 is 1.10 bits per heavy atom. The van der Waals surface area contributed by atoms with Crippen LogP contribution in [0.15, 0.2) is 54.6 Å². The second kappa shape index (κ2) is 8.42. The third kappa shape index (κ3) is 4.06. The molecule has 10 heteroatoms. The quantitative estimate of drug-likeness (QED) is 0.474. The van der Waals surface area contributed by atoms with Crippen LogP contribution in [0.4, 0.5) is 8.78 Å². The van der Waals surface area contributed by atoms with E-state index in [0.717, 1.165) is 12.1 Å². The number of rotatable bonds is 6. The van der Waals surface area contributed by atoms with Gasteiger partial charge in [0.05, 0.1) is 17.1 Å². The predicted octanol–water partition coefficient (Wildman–Crippen LogP) is 3.53. The summed E-state index contributed by atoms with van der Waals surface area (Å²) < 4.78 is 33.6. The third-order valence-electron chi connectivity index (χ3n) is 4.17. The molecular formula is C20H14ClF2N5O2. The van der Waals surface area contributed by atoms with Crippen molar-refractivity contribution in [1.82, 2.24) is 25.1 Å². The molecule has 2 heterocycles. The Hall–Kier alpha value is -3.59. The first-order chi connectivity index (χ1) is 14.5. The van der Waals surface area contributed by atoms with Crippen LogP contribution in [-0.4, -0.2) is 38.9 Å². The van der Waals surface area contributed by atoms with Crippen LogP contribution in [0.1, 0.15) is 10.4 Å². The summed E-state index contributed by atoms with van der Waals surface area (Å²) in [4.78, 5) is 12.0. The second-order valence-electron chi connectivity index (χ2n) is 6.17. The Bertz CT molecular complexity index is 1230. The smallest absolute Gasteiger partial charge is 0.254 e. The molecule has 1 amide bonds. The van der Waals surface area contributed by atoms with Gasteiger partial charge in [-0.2, -0.15) is 4.52 Å². The van der Waals surface area contributed by atoms with Gasteiger partial charge in [-0.1, -0.05) is 23.7 Å². The molecule has 30 heavy (non-hydrogen) atoms. The van der Waals surface area contributed by atoms with E-state index in [0.29, 0.717) is 28.1 Å². The normalized spacial score (nSPS) is 10.9. The average molecular weight is 430 g/mol. The molecule has 2 aromatic carbocycles. The maximum absolute atomic E-state index is 13.6. The average Bonchev–Trinajstić information content (AvgIpc) is 3.14. The van der Waals surface area contributed by atoms with Crippen molar-refractivity contribution in [2.45, 2.75) is 0 Å². The monoisotopic (exact) mass is 429 g/mol. The van der Waals surface area contributed by atoms with E-state index in [1.54, 1.807) is 24.3 Å². The molecule has 0 atom stereocenters. The number of hydrogen-bond acceptors (Lipinski definition) is 5. The van der Waals surface area contributed by atoms with E-state index in [2.05, 4.69) is 20.6 Å². The van der Waals surface area contributed by atoms with Gasteiger partial charge in [0.25, 0.3) is 5.91 Å². The summed E-state index contributed by atoms with van der Waals surface area (Å²) in [6.07, 6.45) is 0. The Kier molecular flexibility index (Phi) is 5.53. The highest BCUT2D eigenvalue weighted by atomic mass is 35.5. The van der Waals surface area contributed by atoms with E-state index in [9.17, 15) is 13.6 Å². The van der Waals surface area contributed by atoms with Crippen molar-refractivity contribution in [3.05, 3.63) is 76.8 Å². The zero-order chi connectivity index (χ0) is 21.1. The maximum Gasteiger partial charge on any atom is 0.254 e. The van der Waals surface area contributed by atoms with Crippen LogP contribution in [0, 0.1) is 11.6 Å². The minimum Gasteiger partial charge on any atom is -0.475 e. The van der Waals surface area contributed by atoms with Gasteiger partial charge in [0.15, 0.2) is 11.5 Å². The number of halogens is 3. The number of benzene rings is 2. The molecular weight excluding hydrogens is 416 g/mol. The lowest BCUT2D eigenvalue weighted by Crippen LogP contribution is -2.29. The number of amides is 1. The molecule has 1 N–H and O–H groups in total. The van der Waals surface area contributed by atoms with Gasteiger partial charge in [-0.05, 0) is 30.3 Å². The van der Waals surface area contributed by atoms with Crippen LogP contribution < -0.4 is 10.1 Å². The van der Waals surface area contributed by atoms with Crippen molar-refractivity contribution in [3.8, 4) is 17.3 Å². The van der Waals surface area contributed by atoms with Crippen molar-refractivity contribution in [2.24, 2.45) is 0 Å². The summed E-state index contributed by atoms with van der Waals surface area (Å²) in [6, 6.07) is 13.2. The minimum absolute atomic E-state index is 0.0800. The number of ether oxygens (including phenoxy) is 1. The fourth-order valence-electron chi connectivity index (χ4n) is 2.75. The van der Waals surface area contributed by atoms with Crippen molar-refractivity contribution in [1.29, 1.82) is 0 Å². The Labute approximate surface area is 174 Å². The summed E-state index contributed by atoms with van der Waals surface area (Å²) in [7, 11) is 0. The molecule has 0 aliphatic rings. The molecule has 0 spiro atoms. The zero-order valence-electron chi connectivity index (χ0n) is 15.3. The van der Waals surface area contributed by atoms with Gasteiger partial charge >= 0.3 is 0 Å². The van der Waals surface area contributed by atoms with Crippen LogP contribution in [0.3, 0.4) is 0 Å². The van der Waals surface area contributed by atoms with Crippen molar-refractivity contribution >= 4 is 23.2 Å². The van der Waals surface area contributed by atoms with E-state index in [1.807, 2.05) is 12.1 Å². The van der Waals surface area contributed by atoms with E-state index in [4.69, 9.17) is 16.3 Å². The number of nitrogens with one attached hydrogen (secondary N) is 1. The number of fused-ring (bicyclic) bond motifs is 1. The molecule has 0 saturated carbocycles. The van der Waals surface area contributed by atoms with E-state index in [1.165, 1.54) is 4.52 Å². The maximum atomic E-state index is 13.6. The first kappa shape index (κ1) is 19.7. The van der Waals surface area contributed by atoms with Gasteiger partial charge in [-0.3, -0.25) is 4.79 Å². The molecule has 0 aliphatic heterocycles. The van der Waals surface area contributed by atoms with E-state index < -0.39 is 17.5 Å². The Balaban J connectivity index is 1.42. The molecule has 0 bridgehead atoms. The number of carbonyl (C=O) groups excluding carboxylic acids is 1. The molecule has 7 nitrogen and oxygen atoms in total. The lowest BCUT2D eigenvalue weighted by molar-refractivity contribution is 0.0942. The minimum atomic E-state index is -0.930. The lowest BCUT2D eigenvalue weighted by atomic mass is 10.2. The van der Waals surface area contributed by atoms with Gasteiger partial charge in [0.1, 0.15) is 18.2 Å². The summed E-state index contributed by atoms with van der Waals surface area (Å²) >= 11 is 6.23. The van der Waals surface area contributed by atoms with Crippen molar-refractivity contribution in [2.75, 3.05) is 13.2 Å². The first-order valence-corrected chi connectivity index (χ1v) is 9.24. The van der Waals surface area contributed by atoms with Gasteiger partial charge in [0, 0.05) is 17.7 Å². The number of nitrogens with zero attached hydrogens (tertiary/aromatic N) is 4. The third-order valence-corrected chi connectivity index (χ3v) is 4.50. The second-order valence-corrected chi connectivity index (χ2v) is 6.58. The molecule has 2 aromatic heterocycles. The van der Waals surface area contributed by atoms with Crippen LogP contribution >= 0.6 is 11.6 Å². The standard InChI is InChI=1S/C20H14ClF2N5O2/c21-15-4-2-1-3-13(15)19-26-25-17-7-8-18(27-28(17)19)30-10-9-24-20(29)14-6-5-12(22)11-16(14)23/h1-8,11H,9-10H2,(H,24,29). The largest absolute Gasteiger partial charge is 0.475 e. The van der Waals surface area contributed by atoms with Crippen molar-refractivity contribution < 1.29 is 18.3 Å². The number of carbonyl (C=O) groups is 1. The van der Waals surface area contributed by atoms with Crippen LogP contribution in [0.25, 0.3) is 17.0 Å². The molecule has 4 aromatic rings. The van der Waals surface area contributed by atoms with Crippen molar-refractivity contribution in [3.63, 3.8) is 0 Å². The summed E-state index contributed by atoms with van der Waals surface area (Å²) in [5.41, 5.74) is 0.937. The lowest BCUT2D eigenvalue weighted by Gasteiger charge is -2.08. The van der Waals surface area contributed by atoms with Gasteiger partial charge in [-0.25, -0.2) is 8.78 Å². The molecule has 0 aliphatic carbocycles. The molecule has 0 unspecified atom stereocenters. The van der Waals surface area contributed by atoms with Gasteiger partial charge in [-0.15, -0.1) is 15.3 Å². The molecule has 0 radical (unpaired) electrons. The molecule has 152 valence electrons. The van der Waals surface area contributed by atoms with Crippen LogP contribution in [0.2, 0.25) is 5.02 Å². The highest BCUT2D eigenvalue weighted by Crippen LogP contribution is 2.26. The molecule has 4 rings (SSSR count). The molecule has 0 fully saturated rings. The number of hydrogen-bond donors (Lipinski definition) is 1. The topological polar surface area (TPSA) is 81.4 Å².